The van der Waals surface area contributed by atoms with E-state index in [9.17, 15) is 14.4 Å². The first-order valence-electron chi connectivity index (χ1n) is 11.8. The van der Waals surface area contributed by atoms with Gasteiger partial charge in [0.25, 0.3) is 5.91 Å². The second-order valence-corrected chi connectivity index (χ2v) is 9.01. The number of likely N-dealkylation sites (tertiary alicyclic amines) is 1. The van der Waals surface area contributed by atoms with Crippen LogP contribution >= 0.6 is 0 Å². The third-order valence-electron chi connectivity index (χ3n) is 6.62. The quantitative estimate of drug-likeness (QED) is 0.204. The van der Waals surface area contributed by atoms with Crippen molar-refractivity contribution < 1.29 is 14.4 Å². The molecule has 1 atom stereocenters. The Balaban J connectivity index is 1.81. The topological polar surface area (TPSA) is 143 Å². The van der Waals surface area contributed by atoms with Crippen molar-refractivity contribution in [3.63, 3.8) is 0 Å². The molecule has 3 aliphatic rings. The molecule has 0 radical (unpaired) electrons. The number of hydrogen-bond donors (Lipinski definition) is 3. The number of nitrogens with one attached hydrogen (secondary N) is 1. The Kier molecular flexibility index (Phi) is 8.43. The molecule has 0 aromatic rings. The van der Waals surface area contributed by atoms with Crippen LogP contribution in [0.5, 0.6) is 0 Å². The lowest BCUT2D eigenvalue weighted by molar-refractivity contribution is -0.143. The highest BCUT2D eigenvalue weighted by Gasteiger charge is 2.51. The highest BCUT2D eigenvalue weighted by molar-refractivity contribution is 6.54. The molecule has 2 saturated carbocycles. The molecule has 9 nitrogen and oxygen atoms in total. The van der Waals surface area contributed by atoms with Gasteiger partial charge in [-0.2, -0.15) is 0 Å². The van der Waals surface area contributed by atoms with Gasteiger partial charge < -0.3 is 16.8 Å². The molecule has 172 valence electrons. The van der Waals surface area contributed by atoms with E-state index in [1.54, 1.807) is 0 Å². The summed E-state index contributed by atoms with van der Waals surface area (Å²) < 4.78 is 0. The lowest BCUT2D eigenvalue weighted by Gasteiger charge is -2.28. The number of amides is 3. The van der Waals surface area contributed by atoms with Crippen molar-refractivity contribution >= 4 is 29.4 Å². The van der Waals surface area contributed by atoms with Crippen molar-refractivity contribution in [3.8, 4) is 0 Å². The van der Waals surface area contributed by atoms with Gasteiger partial charge in [-0.25, -0.2) is 0 Å². The maximum Gasteiger partial charge on any atom is 0.278 e. The summed E-state index contributed by atoms with van der Waals surface area (Å²) in [7, 11) is 0. The minimum Gasteiger partial charge on any atom is -0.369 e. The largest absolute Gasteiger partial charge is 0.369 e. The molecule has 1 heterocycles. The first-order valence-corrected chi connectivity index (χ1v) is 11.8. The van der Waals surface area contributed by atoms with Gasteiger partial charge >= 0.3 is 0 Å². The molecule has 1 saturated heterocycles. The maximum atomic E-state index is 13.3. The first kappa shape index (κ1) is 23.2. The predicted octanol–water partition coefficient (Wildman–Crippen LogP) is 1.94. The zero-order chi connectivity index (χ0) is 22.2. The summed E-state index contributed by atoms with van der Waals surface area (Å²) in [5.41, 5.74) is 10.6. The van der Waals surface area contributed by atoms with Crippen molar-refractivity contribution in [3.05, 3.63) is 0 Å². The summed E-state index contributed by atoms with van der Waals surface area (Å²) in [6.07, 6.45) is 14.2. The highest BCUT2D eigenvalue weighted by atomic mass is 16.2. The van der Waals surface area contributed by atoms with E-state index in [0.29, 0.717) is 0 Å². The SMILES string of the molecule is NC(N)=NN=C1C(=O)N(C2CCCCCCC2)C(=O)C1C(=O)NC1CCCCCCC1. The maximum absolute atomic E-state index is 13.3. The van der Waals surface area contributed by atoms with Gasteiger partial charge in [-0.3, -0.25) is 19.3 Å². The minimum absolute atomic E-state index is 0.00970. The number of carbonyl (C=O) groups is 3. The van der Waals surface area contributed by atoms with Crippen LogP contribution in [0, 0.1) is 5.92 Å². The first-order chi connectivity index (χ1) is 15.0. The number of guanidine groups is 1. The van der Waals surface area contributed by atoms with Gasteiger partial charge in [0, 0.05) is 12.1 Å². The predicted molar refractivity (Wildman–Crippen MR) is 119 cm³/mol. The van der Waals surface area contributed by atoms with E-state index in [1.807, 2.05) is 0 Å². The molecule has 3 rings (SSSR count). The van der Waals surface area contributed by atoms with E-state index in [4.69, 9.17) is 11.5 Å². The second kappa shape index (κ2) is 11.2. The molecule has 1 aliphatic heterocycles. The van der Waals surface area contributed by atoms with E-state index in [2.05, 4.69) is 15.5 Å². The molecule has 3 fully saturated rings. The molecule has 0 aromatic carbocycles. The number of rotatable bonds is 4. The van der Waals surface area contributed by atoms with Gasteiger partial charge in [-0.1, -0.05) is 64.2 Å². The molecule has 0 bridgehead atoms. The third-order valence-corrected chi connectivity index (χ3v) is 6.62. The highest BCUT2D eigenvalue weighted by Crippen LogP contribution is 2.28. The van der Waals surface area contributed by atoms with Crippen LogP contribution in [0.2, 0.25) is 0 Å². The molecular formula is C22H36N6O3. The van der Waals surface area contributed by atoms with Gasteiger partial charge in [-0.15, -0.1) is 10.2 Å². The fourth-order valence-corrected chi connectivity index (χ4v) is 4.97. The zero-order valence-corrected chi connectivity index (χ0v) is 18.4. The van der Waals surface area contributed by atoms with Crippen LogP contribution in [-0.2, 0) is 14.4 Å². The van der Waals surface area contributed by atoms with Crippen molar-refractivity contribution in [1.29, 1.82) is 0 Å². The van der Waals surface area contributed by atoms with Gasteiger partial charge in [-0.05, 0) is 25.7 Å². The lowest BCUT2D eigenvalue weighted by atomic mass is 9.95. The van der Waals surface area contributed by atoms with Crippen LogP contribution in [0.25, 0.3) is 0 Å². The molecule has 1 unspecified atom stereocenters. The van der Waals surface area contributed by atoms with Crippen LogP contribution in [0.1, 0.15) is 89.9 Å². The molecule has 9 heteroatoms. The van der Waals surface area contributed by atoms with Gasteiger partial charge in [0.15, 0.2) is 11.6 Å². The van der Waals surface area contributed by atoms with E-state index < -0.39 is 23.6 Å². The minimum atomic E-state index is -1.29. The van der Waals surface area contributed by atoms with E-state index >= 15 is 0 Å². The molecule has 0 spiro atoms. The molecule has 31 heavy (non-hydrogen) atoms. The lowest BCUT2D eigenvalue weighted by Crippen LogP contribution is -2.45. The van der Waals surface area contributed by atoms with Crippen molar-refractivity contribution in [1.82, 2.24) is 10.2 Å². The van der Waals surface area contributed by atoms with Crippen LogP contribution in [-0.4, -0.2) is 46.4 Å². The van der Waals surface area contributed by atoms with Gasteiger partial charge in [0.05, 0.1) is 0 Å². The summed E-state index contributed by atoms with van der Waals surface area (Å²) in [6.45, 7) is 0. The van der Waals surface area contributed by atoms with Crippen LogP contribution in [0.4, 0.5) is 0 Å². The Morgan fingerprint density at radius 1 is 0.839 bits per heavy atom. The summed E-state index contributed by atoms with van der Waals surface area (Å²) in [6, 6.07) is -0.195. The van der Waals surface area contributed by atoms with E-state index in [0.717, 1.165) is 77.0 Å². The normalized spacial score (nSPS) is 26.1. The molecule has 5 N–H and O–H groups in total. The third kappa shape index (κ3) is 6.04. The summed E-state index contributed by atoms with van der Waals surface area (Å²) >= 11 is 0. The number of hydrogen-bond acceptors (Lipinski definition) is 5. The van der Waals surface area contributed by atoms with Crippen molar-refractivity contribution in [2.75, 3.05) is 0 Å². The Bertz CT molecular complexity index is 715. The van der Waals surface area contributed by atoms with Gasteiger partial charge in [0.1, 0.15) is 0 Å². The summed E-state index contributed by atoms with van der Waals surface area (Å²) in [4.78, 5) is 40.9. The van der Waals surface area contributed by atoms with Crippen molar-refractivity contribution in [2.24, 2.45) is 27.6 Å². The van der Waals surface area contributed by atoms with E-state index in [1.165, 1.54) is 17.7 Å². The molecule has 0 aromatic heterocycles. The number of imide groups is 1. The van der Waals surface area contributed by atoms with E-state index in [-0.39, 0.29) is 23.8 Å². The average molecular weight is 433 g/mol. The van der Waals surface area contributed by atoms with Crippen molar-refractivity contribution in [2.45, 2.75) is 102 Å². The zero-order valence-electron chi connectivity index (χ0n) is 18.4. The van der Waals surface area contributed by atoms with Crippen LogP contribution < -0.4 is 16.8 Å². The van der Waals surface area contributed by atoms with Gasteiger partial charge in [0.2, 0.25) is 17.8 Å². The smallest absolute Gasteiger partial charge is 0.278 e. The monoisotopic (exact) mass is 432 g/mol. The van der Waals surface area contributed by atoms with Crippen LogP contribution in [0.3, 0.4) is 0 Å². The molecule has 2 aliphatic carbocycles. The standard InChI is InChI=1S/C22H36N6O3/c23-22(24)27-26-18-17(19(29)25-15-11-7-3-1-4-8-12-15)20(30)28(21(18)31)16-13-9-5-2-6-10-14-16/h15-17H,1-14H2,(H,25,29)(H4,23,24,27). The fraction of sp³-hybridized carbons (Fsp3) is 0.773. The Morgan fingerprint density at radius 3 is 1.90 bits per heavy atom. The molecule has 3 amide bonds. The number of nitrogens with zero attached hydrogens (tertiary/aromatic N) is 3. The number of carbonyl (C=O) groups excluding carboxylic acids is 3. The summed E-state index contributed by atoms with van der Waals surface area (Å²) in [5.74, 6) is -3.12. The second-order valence-electron chi connectivity index (χ2n) is 9.01. The van der Waals surface area contributed by atoms with Crippen LogP contribution in [0.15, 0.2) is 10.2 Å². The molecular weight excluding hydrogens is 396 g/mol. The Labute approximate surface area is 184 Å². The fourth-order valence-electron chi connectivity index (χ4n) is 4.97. The Morgan fingerprint density at radius 2 is 1.35 bits per heavy atom. The number of nitrogens with two attached hydrogens (primary N) is 2. The average Bonchev–Trinajstić information content (AvgIpc) is 2.92. The Hall–Kier alpha value is -2.45. The summed E-state index contributed by atoms with van der Waals surface area (Å²) in [5, 5.41) is 10.5.